The smallest absolute Gasteiger partial charge is 0.123 e. The first kappa shape index (κ1) is 12.0. The molecule has 104 valence electrons. The van der Waals surface area contributed by atoms with E-state index in [9.17, 15) is 0 Å². The molecular formula is C16H19N3O. The predicted octanol–water partition coefficient (Wildman–Crippen LogP) is 1.84. The van der Waals surface area contributed by atoms with Gasteiger partial charge >= 0.3 is 0 Å². The number of imidazole rings is 1. The Morgan fingerprint density at radius 1 is 1.40 bits per heavy atom. The van der Waals surface area contributed by atoms with E-state index in [-0.39, 0.29) is 6.10 Å². The Morgan fingerprint density at radius 3 is 3.20 bits per heavy atom. The molecule has 1 unspecified atom stereocenters. The molecule has 2 aromatic rings. The standard InChI is InChI=1S/C16H19N3O/c1-11-18-14-9-17-7-6-15(14)19(11)10-13-8-12-4-2-3-5-16(12)20-13/h2-5,13,17H,6-10H2,1H3. The van der Waals surface area contributed by atoms with Gasteiger partial charge in [0.1, 0.15) is 17.7 Å². The summed E-state index contributed by atoms with van der Waals surface area (Å²) in [4.78, 5) is 4.69. The van der Waals surface area contributed by atoms with Crippen LogP contribution in [0.4, 0.5) is 0 Å². The van der Waals surface area contributed by atoms with Gasteiger partial charge in [-0.05, 0) is 18.6 Å². The van der Waals surface area contributed by atoms with Crippen LogP contribution in [0.3, 0.4) is 0 Å². The van der Waals surface area contributed by atoms with Crippen molar-refractivity contribution >= 4 is 0 Å². The molecule has 4 nitrogen and oxygen atoms in total. The molecule has 0 radical (unpaired) electrons. The summed E-state index contributed by atoms with van der Waals surface area (Å²) >= 11 is 0. The quantitative estimate of drug-likeness (QED) is 0.904. The van der Waals surface area contributed by atoms with Gasteiger partial charge in [-0.2, -0.15) is 0 Å². The number of rotatable bonds is 2. The highest BCUT2D eigenvalue weighted by molar-refractivity contribution is 5.37. The zero-order valence-corrected chi connectivity index (χ0v) is 11.7. The maximum Gasteiger partial charge on any atom is 0.123 e. The molecule has 1 N–H and O–H groups in total. The molecule has 2 aliphatic rings. The fourth-order valence-corrected chi connectivity index (χ4v) is 3.31. The first-order chi connectivity index (χ1) is 9.81. The summed E-state index contributed by atoms with van der Waals surface area (Å²) in [6, 6.07) is 8.35. The number of fused-ring (bicyclic) bond motifs is 2. The lowest BCUT2D eigenvalue weighted by atomic mass is 10.1. The summed E-state index contributed by atoms with van der Waals surface area (Å²) in [5.41, 5.74) is 3.93. The second-order valence-corrected chi connectivity index (χ2v) is 5.64. The van der Waals surface area contributed by atoms with Gasteiger partial charge in [-0.25, -0.2) is 4.98 Å². The van der Waals surface area contributed by atoms with Gasteiger partial charge < -0.3 is 14.6 Å². The third kappa shape index (κ3) is 1.91. The van der Waals surface area contributed by atoms with Gasteiger partial charge in [0, 0.05) is 31.6 Å². The van der Waals surface area contributed by atoms with Crippen molar-refractivity contribution in [1.29, 1.82) is 0 Å². The van der Waals surface area contributed by atoms with Gasteiger partial charge in [-0.15, -0.1) is 0 Å². The van der Waals surface area contributed by atoms with E-state index in [0.29, 0.717) is 0 Å². The fraction of sp³-hybridized carbons (Fsp3) is 0.438. The van der Waals surface area contributed by atoms with Crippen molar-refractivity contribution in [2.75, 3.05) is 6.54 Å². The normalized spacial score (nSPS) is 20.4. The van der Waals surface area contributed by atoms with E-state index in [1.165, 1.54) is 17.0 Å². The highest BCUT2D eigenvalue weighted by Gasteiger charge is 2.25. The molecule has 20 heavy (non-hydrogen) atoms. The number of nitrogens with one attached hydrogen (secondary N) is 1. The molecule has 1 aromatic heterocycles. The Bertz CT molecular complexity index is 622. The van der Waals surface area contributed by atoms with Crippen LogP contribution in [0.1, 0.15) is 22.8 Å². The second kappa shape index (κ2) is 4.63. The van der Waals surface area contributed by atoms with E-state index >= 15 is 0 Å². The Kier molecular flexibility index (Phi) is 2.77. The topological polar surface area (TPSA) is 39.1 Å². The van der Waals surface area contributed by atoms with Crippen LogP contribution in [0.5, 0.6) is 5.75 Å². The molecular weight excluding hydrogens is 250 g/mol. The molecule has 0 fully saturated rings. The molecule has 0 bridgehead atoms. The third-order valence-electron chi connectivity index (χ3n) is 4.28. The largest absolute Gasteiger partial charge is 0.488 e. The fourth-order valence-electron chi connectivity index (χ4n) is 3.31. The molecule has 0 saturated heterocycles. The van der Waals surface area contributed by atoms with E-state index in [1.807, 2.05) is 6.07 Å². The third-order valence-corrected chi connectivity index (χ3v) is 4.28. The lowest BCUT2D eigenvalue weighted by Crippen LogP contribution is -2.28. The molecule has 1 aromatic carbocycles. The number of hydrogen-bond donors (Lipinski definition) is 1. The first-order valence-electron chi connectivity index (χ1n) is 7.31. The predicted molar refractivity (Wildman–Crippen MR) is 76.9 cm³/mol. The monoisotopic (exact) mass is 269 g/mol. The number of aromatic nitrogens is 2. The molecule has 1 atom stereocenters. The lowest BCUT2D eigenvalue weighted by molar-refractivity contribution is 0.206. The summed E-state index contributed by atoms with van der Waals surface area (Å²) in [6.45, 7) is 4.95. The zero-order chi connectivity index (χ0) is 13.5. The molecule has 3 heterocycles. The van der Waals surface area contributed by atoms with Gasteiger partial charge in [-0.1, -0.05) is 18.2 Å². The van der Waals surface area contributed by atoms with Crippen molar-refractivity contribution in [1.82, 2.24) is 14.9 Å². The van der Waals surface area contributed by atoms with Gasteiger partial charge in [0.15, 0.2) is 0 Å². The second-order valence-electron chi connectivity index (χ2n) is 5.64. The summed E-state index contributed by atoms with van der Waals surface area (Å²) in [7, 11) is 0. The first-order valence-corrected chi connectivity index (χ1v) is 7.31. The van der Waals surface area contributed by atoms with Crippen LogP contribution < -0.4 is 10.1 Å². The van der Waals surface area contributed by atoms with Crippen LogP contribution in [-0.4, -0.2) is 22.2 Å². The van der Waals surface area contributed by atoms with E-state index in [0.717, 1.165) is 44.0 Å². The lowest BCUT2D eigenvalue weighted by Gasteiger charge is -2.18. The molecule has 0 aliphatic carbocycles. The van der Waals surface area contributed by atoms with Gasteiger partial charge in [0.2, 0.25) is 0 Å². The number of ether oxygens (including phenoxy) is 1. The Hall–Kier alpha value is -1.81. The molecule has 0 saturated carbocycles. The minimum Gasteiger partial charge on any atom is -0.488 e. The van der Waals surface area contributed by atoms with E-state index in [4.69, 9.17) is 4.74 Å². The SMILES string of the molecule is Cc1nc2c(n1CC1Cc3ccccc3O1)CCNC2. The molecule has 0 amide bonds. The van der Waals surface area contributed by atoms with Crippen LogP contribution in [0.15, 0.2) is 24.3 Å². The van der Waals surface area contributed by atoms with Crippen molar-refractivity contribution in [3.05, 3.63) is 47.0 Å². The Balaban J connectivity index is 1.58. The van der Waals surface area contributed by atoms with Crippen LogP contribution in [0, 0.1) is 6.92 Å². The van der Waals surface area contributed by atoms with Crippen molar-refractivity contribution in [3.8, 4) is 5.75 Å². The average Bonchev–Trinajstić information content (AvgIpc) is 3.00. The number of nitrogens with zero attached hydrogens (tertiary/aromatic N) is 2. The summed E-state index contributed by atoms with van der Waals surface area (Å²) < 4.78 is 8.42. The van der Waals surface area contributed by atoms with Crippen LogP contribution in [-0.2, 0) is 25.9 Å². The molecule has 0 spiro atoms. The van der Waals surface area contributed by atoms with Crippen molar-refractivity contribution in [3.63, 3.8) is 0 Å². The maximum atomic E-state index is 6.06. The van der Waals surface area contributed by atoms with Crippen LogP contribution >= 0.6 is 0 Å². The average molecular weight is 269 g/mol. The van der Waals surface area contributed by atoms with Crippen LogP contribution in [0.2, 0.25) is 0 Å². The summed E-state index contributed by atoms with van der Waals surface area (Å²) in [5, 5.41) is 3.38. The van der Waals surface area contributed by atoms with Crippen molar-refractivity contribution in [2.45, 2.75) is 39.0 Å². The van der Waals surface area contributed by atoms with Gasteiger partial charge in [0.25, 0.3) is 0 Å². The summed E-state index contributed by atoms with van der Waals surface area (Å²) in [6.07, 6.45) is 2.30. The number of aryl methyl sites for hydroxylation is 1. The Morgan fingerprint density at radius 2 is 2.30 bits per heavy atom. The summed E-state index contributed by atoms with van der Waals surface area (Å²) in [5.74, 6) is 2.16. The van der Waals surface area contributed by atoms with Gasteiger partial charge in [-0.3, -0.25) is 0 Å². The highest BCUT2D eigenvalue weighted by Crippen LogP contribution is 2.29. The van der Waals surface area contributed by atoms with Crippen LogP contribution in [0.25, 0.3) is 0 Å². The highest BCUT2D eigenvalue weighted by atomic mass is 16.5. The van der Waals surface area contributed by atoms with E-state index in [1.54, 1.807) is 0 Å². The Labute approximate surface area is 118 Å². The van der Waals surface area contributed by atoms with E-state index in [2.05, 4.69) is 40.0 Å². The van der Waals surface area contributed by atoms with Crippen molar-refractivity contribution in [2.24, 2.45) is 0 Å². The minimum absolute atomic E-state index is 0.235. The molecule has 4 rings (SSSR count). The zero-order valence-electron chi connectivity index (χ0n) is 11.7. The number of benzene rings is 1. The molecule has 4 heteroatoms. The number of hydrogen-bond acceptors (Lipinski definition) is 3. The number of para-hydroxylation sites is 1. The van der Waals surface area contributed by atoms with Crippen molar-refractivity contribution < 1.29 is 4.74 Å². The van der Waals surface area contributed by atoms with E-state index < -0.39 is 0 Å². The van der Waals surface area contributed by atoms with Gasteiger partial charge in [0.05, 0.1) is 12.2 Å². The molecule has 2 aliphatic heterocycles. The minimum atomic E-state index is 0.235. The maximum absolute atomic E-state index is 6.06.